The van der Waals surface area contributed by atoms with Crippen LogP contribution in [0.5, 0.6) is 0 Å². The van der Waals surface area contributed by atoms with Gasteiger partial charge < -0.3 is 15.3 Å². The highest BCUT2D eigenvalue weighted by Crippen LogP contribution is 2.50. The van der Waals surface area contributed by atoms with E-state index in [-0.39, 0.29) is 29.1 Å². The summed E-state index contributed by atoms with van der Waals surface area (Å²) in [6.45, 7) is 1.27. The minimum Gasteiger partial charge on any atom is -0.394 e. The van der Waals surface area contributed by atoms with E-state index in [0.717, 1.165) is 43.1 Å². The van der Waals surface area contributed by atoms with E-state index >= 15 is 0 Å². The molecule has 1 aliphatic carbocycles. The van der Waals surface area contributed by atoms with Gasteiger partial charge in [-0.05, 0) is 24.3 Å². The van der Waals surface area contributed by atoms with E-state index in [0.29, 0.717) is 30.0 Å². The first-order valence-corrected chi connectivity index (χ1v) is 12.8. The molecule has 2 aliphatic rings. The Kier molecular flexibility index (Phi) is 6.84. The average Bonchev–Trinajstić information content (AvgIpc) is 3.41. The van der Waals surface area contributed by atoms with Crippen LogP contribution in [0.2, 0.25) is 5.02 Å². The maximum Gasteiger partial charge on any atom is 0.275 e. The van der Waals surface area contributed by atoms with Crippen LogP contribution in [0.4, 0.5) is 24.8 Å². The number of carbonyl (C=O) groups is 1. The van der Waals surface area contributed by atoms with Crippen molar-refractivity contribution in [3.8, 4) is 11.3 Å². The molecule has 4 aromatic rings. The molecule has 0 bridgehead atoms. The summed E-state index contributed by atoms with van der Waals surface area (Å²) < 4.78 is 43.2. The smallest absolute Gasteiger partial charge is 0.275 e. The van der Waals surface area contributed by atoms with Crippen LogP contribution in [0.15, 0.2) is 49.3 Å². The van der Waals surface area contributed by atoms with E-state index in [1.807, 2.05) is 0 Å². The molecule has 0 unspecified atom stereocenters. The monoisotopic (exact) mass is 570 g/mol. The predicted molar refractivity (Wildman–Crippen MR) is 139 cm³/mol. The van der Waals surface area contributed by atoms with Gasteiger partial charge in [-0.15, -0.1) is 0 Å². The Bertz CT molecular complexity index is 1570. The van der Waals surface area contributed by atoms with Crippen LogP contribution in [-0.2, 0) is 6.54 Å². The number of hydrogen-bond acceptors (Lipinski definition) is 8. The quantitative estimate of drug-likeness (QED) is 0.326. The maximum atomic E-state index is 14.7. The summed E-state index contributed by atoms with van der Waals surface area (Å²) in [5.41, 5.74) is -0.463. The molecule has 40 heavy (non-hydrogen) atoms. The highest BCUT2D eigenvalue weighted by atomic mass is 35.5. The van der Waals surface area contributed by atoms with Crippen molar-refractivity contribution in [2.24, 2.45) is 11.8 Å². The van der Waals surface area contributed by atoms with Crippen LogP contribution in [-0.4, -0.2) is 59.9 Å². The maximum absolute atomic E-state index is 14.7. The summed E-state index contributed by atoms with van der Waals surface area (Å²) >= 11 is 5.79. The van der Waals surface area contributed by atoms with Crippen LogP contribution in [0.1, 0.15) is 34.5 Å². The van der Waals surface area contributed by atoms with Gasteiger partial charge >= 0.3 is 0 Å². The highest BCUT2D eigenvalue weighted by molar-refractivity contribution is 6.31. The topological polar surface area (TPSA) is 122 Å². The Morgan fingerprint density at radius 3 is 2.73 bits per heavy atom. The van der Waals surface area contributed by atoms with Gasteiger partial charge in [-0.2, -0.15) is 5.10 Å². The summed E-state index contributed by atoms with van der Waals surface area (Å²) in [5.74, 6) is -0.0445. The van der Waals surface area contributed by atoms with E-state index in [2.05, 4.69) is 35.3 Å². The largest absolute Gasteiger partial charge is 0.394 e. The van der Waals surface area contributed by atoms with Crippen molar-refractivity contribution in [1.29, 1.82) is 0 Å². The van der Waals surface area contributed by atoms with Gasteiger partial charge in [-0.25, -0.2) is 28.1 Å². The van der Waals surface area contributed by atoms with Crippen molar-refractivity contribution in [3.63, 3.8) is 0 Å². The Morgan fingerprint density at radius 2 is 1.98 bits per heavy atom. The zero-order valence-corrected chi connectivity index (χ0v) is 21.5. The fourth-order valence-electron chi connectivity index (χ4n) is 5.11. The van der Waals surface area contributed by atoms with E-state index in [1.54, 1.807) is 23.3 Å². The average molecular weight is 571 g/mol. The van der Waals surface area contributed by atoms with Gasteiger partial charge in [-0.1, -0.05) is 17.7 Å². The number of fused-ring (bicyclic) bond motifs is 1. The molecule has 3 atom stereocenters. The number of piperidine rings is 1. The van der Waals surface area contributed by atoms with Gasteiger partial charge in [-0.3, -0.25) is 14.5 Å². The second-order valence-corrected chi connectivity index (χ2v) is 10.2. The zero-order chi connectivity index (χ0) is 28.0. The number of amides is 1. The summed E-state index contributed by atoms with van der Waals surface area (Å²) in [6.07, 6.45) is 6.79. The molecule has 3 aromatic heterocycles. The predicted octanol–water partition coefficient (Wildman–Crippen LogP) is 3.98. The molecule has 0 radical (unpaired) electrons. The number of rotatable bonds is 8. The van der Waals surface area contributed by atoms with Crippen molar-refractivity contribution >= 4 is 29.1 Å². The van der Waals surface area contributed by atoms with Crippen molar-refractivity contribution in [1.82, 2.24) is 29.7 Å². The number of nitrogens with zero attached hydrogens (tertiary/aromatic N) is 7. The van der Waals surface area contributed by atoms with Crippen molar-refractivity contribution in [2.45, 2.75) is 25.4 Å². The Balaban J connectivity index is 1.13. The van der Waals surface area contributed by atoms with Crippen molar-refractivity contribution in [2.75, 3.05) is 23.4 Å². The van der Waals surface area contributed by atoms with E-state index in [4.69, 9.17) is 11.6 Å². The zero-order valence-electron chi connectivity index (χ0n) is 20.8. The van der Waals surface area contributed by atoms with Gasteiger partial charge in [0.2, 0.25) is 5.95 Å². The number of aromatic nitrogens is 6. The molecular weight excluding hydrogens is 549 g/mol. The first kappa shape index (κ1) is 26.1. The number of aliphatic hydroxyl groups excluding tert-OH is 1. The molecule has 6 rings (SSSR count). The van der Waals surface area contributed by atoms with Crippen LogP contribution in [0.3, 0.4) is 0 Å². The number of anilines is 2. The Labute approximate surface area is 230 Å². The van der Waals surface area contributed by atoms with Gasteiger partial charge in [0.25, 0.3) is 12.3 Å². The number of hydrogen-bond donors (Lipinski definition) is 2. The summed E-state index contributed by atoms with van der Waals surface area (Å²) in [4.78, 5) is 31.7. The molecule has 14 heteroatoms. The first-order chi connectivity index (χ1) is 19.3. The van der Waals surface area contributed by atoms with Gasteiger partial charge in [0.1, 0.15) is 5.69 Å². The second-order valence-electron chi connectivity index (χ2n) is 9.75. The van der Waals surface area contributed by atoms with Crippen LogP contribution in [0.25, 0.3) is 11.3 Å². The van der Waals surface area contributed by atoms with E-state index < -0.39 is 29.3 Å². The molecule has 4 heterocycles. The van der Waals surface area contributed by atoms with Crippen molar-refractivity contribution < 1.29 is 23.1 Å². The number of aliphatic hydroxyl groups is 1. The van der Waals surface area contributed by atoms with Crippen LogP contribution in [0, 0.1) is 17.7 Å². The summed E-state index contributed by atoms with van der Waals surface area (Å²) in [6, 6.07) is 2.11. The number of halogens is 4. The summed E-state index contributed by atoms with van der Waals surface area (Å²) in [5, 5.41) is 16.2. The molecule has 10 nitrogen and oxygen atoms in total. The fraction of sp³-hybridized carbons (Fsp3) is 0.308. The Hall–Kier alpha value is -4.10. The third-order valence-electron chi connectivity index (χ3n) is 7.16. The third-order valence-corrected chi connectivity index (χ3v) is 7.45. The van der Waals surface area contributed by atoms with Crippen molar-refractivity contribution in [3.05, 3.63) is 77.0 Å². The number of alkyl halides is 2. The number of benzene rings is 1. The SMILES string of the molecule is O=C(Nc1cnn(Cc2cnc(N3C[C@H]4C[C@H]4[C@H]3CO)nc2)c1)c1cncc(-c2c(C(F)F)ccc(Cl)c2F)n1. The van der Waals surface area contributed by atoms with Gasteiger partial charge in [0.05, 0.1) is 54.2 Å². The lowest BCUT2D eigenvalue weighted by molar-refractivity contribution is 0.102. The van der Waals surface area contributed by atoms with Crippen LogP contribution < -0.4 is 10.2 Å². The fourth-order valence-corrected chi connectivity index (χ4v) is 5.27. The minimum atomic E-state index is -2.99. The number of carbonyl (C=O) groups excluding carboxylic acids is 1. The molecule has 206 valence electrons. The number of nitrogens with one attached hydrogen (secondary N) is 1. The molecule has 1 amide bonds. The molecule has 1 aromatic carbocycles. The lowest BCUT2D eigenvalue weighted by Gasteiger charge is -2.25. The normalized spacial score (nSPS) is 19.6. The van der Waals surface area contributed by atoms with Gasteiger partial charge in [0, 0.05) is 41.8 Å². The standard InChI is InChI=1S/C26H22ClF3N8O2/c27-18-2-1-16(24(29)30)22(23(18)28)19-7-31-8-20(36-19)25(40)35-15-6-34-37(11-15)9-13-4-32-26(33-5-13)38-10-14-3-17(14)21(38)12-39/h1-2,4-8,11,14,17,21,24,39H,3,9-10,12H2,(H,35,40)/t14-,17-,21-/m1/s1. The molecular formula is C26H22ClF3N8O2. The summed E-state index contributed by atoms with van der Waals surface area (Å²) in [7, 11) is 0. The molecule has 2 fully saturated rings. The Morgan fingerprint density at radius 1 is 1.18 bits per heavy atom. The molecule has 0 spiro atoms. The van der Waals surface area contributed by atoms with E-state index in [9.17, 15) is 23.1 Å². The lowest BCUT2D eigenvalue weighted by atomic mass is 10.0. The molecule has 1 saturated carbocycles. The molecule has 2 N–H and O–H groups in total. The van der Waals surface area contributed by atoms with Gasteiger partial charge in [0.15, 0.2) is 5.82 Å². The molecule has 1 saturated heterocycles. The second kappa shape index (κ2) is 10.5. The minimum absolute atomic E-state index is 0.0643. The van der Waals surface area contributed by atoms with Crippen LogP contribution >= 0.6 is 11.6 Å². The first-order valence-electron chi connectivity index (χ1n) is 12.4. The highest BCUT2D eigenvalue weighted by Gasteiger charge is 2.52. The third kappa shape index (κ3) is 4.97. The van der Waals surface area contributed by atoms with E-state index in [1.165, 1.54) is 6.20 Å². The molecule has 1 aliphatic heterocycles. The lowest BCUT2D eigenvalue weighted by Crippen LogP contribution is -2.37.